The van der Waals surface area contributed by atoms with E-state index in [0.717, 1.165) is 24.3 Å². The number of para-hydroxylation sites is 2. The highest BCUT2D eigenvalue weighted by molar-refractivity contribution is 5.81. The lowest BCUT2D eigenvalue weighted by atomic mass is 10.2. The van der Waals surface area contributed by atoms with Crippen molar-refractivity contribution in [3.63, 3.8) is 0 Å². The Morgan fingerprint density at radius 3 is 1.45 bits per heavy atom. The van der Waals surface area contributed by atoms with Crippen LogP contribution in [0.2, 0.25) is 0 Å². The van der Waals surface area contributed by atoms with E-state index < -0.39 is 92.6 Å². The molecular formula is C28H37F3N6O12. The molecule has 0 fully saturated rings. The van der Waals surface area contributed by atoms with Crippen molar-refractivity contribution in [3.8, 4) is 0 Å². The first-order valence-electron chi connectivity index (χ1n) is 13.8. The molecule has 2 aromatic carbocycles. The summed E-state index contributed by atoms with van der Waals surface area (Å²) in [4.78, 5) is 63.2. The quantitative estimate of drug-likeness (QED) is 0.151. The van der Waals surface area contributed by atoms with Crippen molar-refractivity contribution in [1.82, 2.24) is 10.6 Å². The third-order valence-electron chi connectivity index (χ3n) is 5.00. The molecule has 0 aromatic heterocycles. The van der Waals surface area contributed by atoms with Crippen LogP contribution in [-0.2, 0) is 19.1 Å². The zero-order chi connectivity index (χ0) is 38.3. The Hall–Kier alpha value is -5.73. The first kappa shape index (κ1) is 43.3. The summed E-state index contributed by atoms with van der Waals surface area (Å²) in [6.45, 7) is 9.30. The van der Waals surface area contributed by atoms with Crippen LogP contribution >= 0.6 is 0 Å². The van der Waals surface area contributed by atoms with Crippen molar-refractivity contribution in [2.45, 2.75) is 64.8 Å². The van der Waals surface area contributed by atoms with Crippen molar-refractivity contribution in [3.05, 3.63) is 74.1 Å². The van der Waals surface area contributed by atoms with Gasteiger partial charge in [-0.1, -0.05) is 12.1 Å². The summed E-state index contributed by atoms with van der Waals surface area (Å²) in [6.07, 6.45) is -1.74. The van der Waals surface area contributed by atoms with Gasteiger partial charge in [-0.3, -0.25) is 20.2 Å². The SMILES string of the molecule is CC(C)(C)OC(=O)N[C@@H](CN)C(=O)O.CC(C)(C)OC(=O)N[C@@H](CNc1cccc(F)c1[N+](=O)[O-])C(=O)O.O=[N+]([O-])c1c(F)cccc1F. The Labute approximate surface area is 277 Å². The number of benzene rings is 2. The summed E-state index contributed by atoms with van der Waals surface area (Å²) < 4.78 is 48.1. The van der Waals surface area contributed by atoms with Gasteiger partial charge in [-0.05, 0) is 65.8 Å². The Kier molecular flexibility index (Phi) is 16.9. The van der Waals surface area contributed by atoms with Crippen LogP contribution in [0.5, 0.6) is 0 Å². The molecule has 0 aliphatic heterocycles. The van der Waals surface area contributed by atoms with Crippen LogP contribution in [0.1, 0.15) is 41.5 Å². The predicted molar refractivity (Wildman–Crippen MR) is 165 cm³/mol. The predicted octanol–water partition coefficient (Wildman–Crippen LogP) is 3.92. The van der Waals surface area contributed by atoms with Gasteiger partial charge in [0, 0.05) is 13.1 Å². The zero-order valence-electron chi connectivity index (χ0n) is 27.1. The van der Waals surface area contributed by atoms with Gasteiger partial charge in [0.15, 0.2) is 0 Å². The number of ether oxygens (including phenoxy) is 2. The maximum absolute atomic E-state index is 13.5. The lowest BCUT2D eigenvalue weighted by Crippen LogP contribution is -2.47. The fourth-order valence-corrected chi connectivity index (χ4v) is 3.04. The molecular weight excluding hydrogens is 669 g/mol. The fraction of sp³-hybridized carbons (Fsp3) is 0.429. The lowest BCUT2D eigenvalue weighted by Gasteiger charge is -2.22. The van der Waals surface area contributed by atoms with E-state index >= 15 is 0 Å². The van der Waals surface area contributed by atoms with Crippen LogP contribution in [0, 0.1) is 37.7 Å². The highest BCUT2D eigenvalue weighted by Gasteiger charge is 2.26. The summed E-state index contributed by atoms with van der Waals surface area (Å²) >= 11 is 0. The van der Waals surface area contributed by atoms with E-state index in [-0.39, 0.29) is 12.2 Å². The highest BCUT2D eigenvalue weighted by Crippen LogP contribution is 2.27. The molecule has 0 saturated heterocycles. The molecule has 2 amide bonds. The average Bonchev–Trinajstić information content (AvgIpc) is 2.92. The van der Waals surface area contributed by atoms with Gasteiger partial charge in [-0.25, -0.2) is 19.2 Å². The second-order valence-corrected chi connectivity index (χ2v) is 11.4. The number of alkyl carbamates (subject to hydrolysis) is 2. The second kappa shape index (κ2) is 19.2. The topological polar surface area (TPSA) is 276 Å². The Morgan fingerprint density at radius 2 is 1.12 bits per heavy atom. The Bertz CT molecular complexity index is 1480. The van der Waals surface area contributed by atoms with E-state index in [9.17, 15) is 52.6 Å². The van der Waals surface area contributed by atoms with Gasteiger partial charge < -0.3 is 41.4 Å². The largest absolute Gasteiger partial charge is 0.480 e. The van der Waals surface area contributed by atoms with E-state index in [1.807, 2.05) is 0 Å². The number of nitrogens with two attached hydrogens (primary N) is 1. The number of nitrogens with one attached hydrogen (secondary N) is 3. The molecule has 272 valence electrons. The number of aliphatic carboxylic acids is 2. The molecule has 0 saturated carbocycles. The number of halogens is 3. The number of carboxylic acid groups (broad SMARTS) is 2. The maximum atomic E-state index is 13.5. The Morgan fingerprint density at radius 1 is 0.755 bits per heavy atom. The van der Waals surface area contributed by atoms with Crippen LogP contribution in [0.3, 0.4) is 0 Å². The molecule has 2 rings (SSSR count). The van der Waals surface area contributed by atoms with Crippen molar-refractivity contribution in [2.75, 3.05) is 18.4 Å². The minimum atomic E-state index is -1.43. The molecule has 7 N–H and O–H groups in total. The van der Waals surface area contributed by atoms with Gasteiger partial charge >= 0.3 is 35.5 Å². The molecule has 0 spiro atoms. The third-order valence-corrected chi connectivity index (χ3v) is 5.00. The summed E-state index contributed by atoms with van der Waals surface area (Å²) in [5, 5.41) is 45.2. The van der Waals surface area contributed by atoms with E-state index in [1.165, 1.54) is 12.1 Å². The number of carbonyl (C=O) groups excluding carboxylic acids is 2. The van der Waals surface area contributed by atoms with Crippen LogP contribution in [0.4, 0.5) is 39.8 Å². The molecule has 0 unspecified atom stereocenters. The fourth-order valence-electron chi connectivity index (χ4n) is 3.04. The van der Waals surface area contributed by atoms with E-state index in [2.05, 4.69) is 16.0 Å². The van der Waals surface area contributed by atoms with Gasteiger partial charge in [0.2, 0.25) is 17.5 Å². The van der Waals surface area contributed by atoms with Crippen LogP contribution in [0.15, 0.2) is 36.4 Å². The Balaban J connectivity index is 0.000000778. The van der Waals surface area contributed by atoms with Crippen molar-refractivity contribution in [2.24, 2.45) is 5.73 Å². The number of carbonyl (C=O) groups is 4. The monoisotopic (exact) mass is 706 g/mol. The number of anilines is 1. The van der Waals surface area contributed by atoms with Gasteiger partial charge in [0.1, 0.15) is 29.0 Å². The number of rotatable bonds is 10. The van der Waals surface area contributed by atoms with Gasteiger partial charge in [-0.2, -0.15) is 13.2 Å². The first-order chi connectivity index (χ1) is 22.4. The standard InChI is InChI=1S/C14H18FN3O6.C8H16N2O4.C6H3F2NO2/c1-14(2,3)24-13(21)17-10(12(19)20)7-16-9-6-4-5-8(15)11(9)18(22)23;1-8(2,3)14-7(13)10-5(4-9)6(11)12;7-4-2-1-3-5(8)6(4)9(10)11/h4-6,10,16H,7H2,1-3H3,(H,17,21)(H,19,20);5H,4,9H2,1-3H3,(H,10,13)(H,11,12);1-3H/t10-;5-;/m00./s1. The van der Waals surface area contributed by atoms with Crippen LogP contribution < -0.4 is 21.7 Å². The number of nitrogens with zero attached hydrogens (tertiary/aromatic N) is 2. The van der Waals surface area contributed by atoms with Crippen LogP contribution in [0.25, 0.3) is 0 Å². The van der Waals surface area contributed by atoms with Crippen molar-refractivity contribution < 1.29 is 61.9 Å². The number of nitro benzene ring substituents is 2. The van der Waals surface area contributed by atoms with Gasteiger partial charge in [0.05, 0.1) is 9.85 Å². The number of hydrogen-bond donors (Lipinski definition) is 6. The van der Waals surface area contributed by atoms with E-state index in [0.29, 0.717) is 0 Å². The summed E-state index contributed by atoms with van der Waals surface area (Å²) in [7, 11) is 0. The normalized spacial score (nSPS) is 11.9. The van der Waals surface area contributed by atoms with E-state index in [4.69, 9.17) is 25.4 Å². The van der Waals surface area contributed by atoms with Crippen LogP contribution in [-0.4, -0.2) is 80.6 Å². The van der Waals surface area contributed by atoms with Crippen molar-refractivity contribution >= 4 is 41.2 Å². The third kappa shape index (κ3) is 17.1. The molecule has 18 nitrogen and oxygen atoms in total. The molecule has 0 heterocycles. The molecule has 0 aliphatic carbocycles. The minimum absolute atomic E-state index is 0.172. The number of amides is 2. The van der Waals surface area contributed by atoms with E-state index in [1.54, 1.807) is 41.5 Å². The minimum Gasteiger partial charge on any atom is -0.480 e. The lowest BCUT2D eigenvalue weighted by molar-refractivity contribution is -0.390. The molecule has 0 aliphatic rings. The summed E-state index contributed by atoms with van der Waals surface area (Å²) in [6, 6.07) is 3.58. The van der Waals surface area contributed by atoms with Gasteiger partial charge in [-0.15, -0.1) is 0 Å². The second-order valence-electron chi connectivity index (χ2n) is 11.4. The average molecular weight is 707 g/mol. The van der Waals surface area contributed by atoms with Crippen molar-refractivity contribution in [1.29, 1.82) is 0 Å². The number of hydrogen-bond acceptors (Lipinski definition) is 12. The maximum Gasteiger partial charge on any atom is 0.408 e. The first-order valence-corrected chi connectivity index (χ1v) is 13.8. The molecule has 49 heavy (non-hydrogen) atoms. The molecule has 21 heteroatoms. The molecule has 0 bridgehead atoms. The number of nitro groups is 2. The van der Waals surface area contributed by atoms with Gasteiger partial charge in [0.25, 0.3) is 0 Å². The molecule has 0 radical (unpaired) electrons. The number of carboxylic acids is 2. The smallest absolute Gasteiger partial charge is 0.408 e. The highest BCUT2D eigenvalue weighted by atomic mass is 19.1. The molecule has 2 aromatic rings. The summed E-state index contributed by atoms with van der Waals surface area (Å²) in [5.41, 5.74) is 1.56. The summed E-state index contributed by atoms with van der Waals surface area (Å²) in [5.74, 6) is -5.94. The zero-order valence-corrected chi connectivity index (χ0v) is 27.1. The molecule has 2 atom stereocenters.